The second-order valence-corrected chi connectivity index (χ2v) is 3.62. The molecule has 0 saturated carbocycles. The van der Waals surface area contributed by atoms with Crippen LogP contribution in [-0.2, 0) is 4.79 Å². The summed E-state index contributed by atoms with van der Waals surface area (Å²) in [5.74, 6) is 0.259. The van der Waals surface area contributed by atoms with Gasteiger partial charge in [0.25, 0.3) is 0 Å². The van der Waals surface area contributed by atoms with Crippen molar-refractivity contribution in [3.63, 3.8) is 0 Å². The summed E-state index contributed by atoms with van der Waals surface area (Å²) in [5.41, 5.74) is -0.0457. The van der Waals surface area contributed by atoms with Crippen LogP contribution in [0.3, 0.4) is 0 Å². The van der Waals surface area contributed by atoms with Crippen LogP contribution < -0.4 is 0 Å². The van der Waals surface area contributed by atoms with Crippen LogP contribution in [0.25, 0.3) is 0 Å². The molecule has 0 aromatic carbocycles. The number of aliphatic hydroxyl groups excluding tert-OH is 1. The molecule has 0 radical (unpaired) electrons. The summed E-state index contributed by atoms with van der Waals surface area (Å²) in [6, 6.07) is 0. The predicted molar refractivity (Wildman–Crippen MR) is 38.7 cm³/mol. The van der Waals surface area contributed by atoms with E-state index in [2.05, 4.69) is 0 Å². The van der Waals surface area contributed by atoms with Gasteiger partial charge in [-0.2, -0.15) is 0 Å². The van der Waals surface area contributed by atoms with Crippen LogP contribution in [0.5, 0.6) is 0 Å². The van der Waals surface area contributed by atoms with Crippen LogP contribution in [0, 0.1) is 5.41 Å². The Balaban J connectivity index is 2.80. The highest BCUT2D eigenvalue weighted by molar-refractivity contribution is 5.91. The topological polar surface area (TPSA) is 37.3 Å². The Morgan fingerprint density at radius 3 is 2.50 bits per heavy atom. The molecular weight excluding hydrogens is 128 g/mol. The Morgan fingerprint density at radius 1 is 1.50 bits per heavy atom. The molecule has 2 nitrogen and oxygen atoms in total. The van der Waals surface area contributed by atoms with E-state index in [1.807, 2.05) is 13.8 Å². The number of carbonyl (C=O) groups excluding carboxylic acids is 1. The molecule has 0 spiro atoms. The molecule has 0 saturated heterocycles. The summed E-state index contributed by atoms with van der Waals surface area (Å²) in [6.07, 6.45) is 2.50. The quantitative estimate of drug-likeness (QED) is 0.557. The van der Waals surface area contributed by atoms with Gasteiger partial charge in [-0.1, -0.05) is 13.8 Å². The monoisotopic (exact) mass is 140 g/mol. The molecule has 2 heteroatoms. The van der Waals surface area contributed by atoms with Gasteiger partial charge in [0.1, 0.15) is 0 Å². The molecule has 0 bridgehead atoms. The summed E-state index contributed by atoms with van der Waals surface area (Å²) in [4.78, 5) is 10.9. The number of aliphatic hydroxyl groups is 1. The molecule has 1 aliphatic rings. The second-order valence-electron chi connectivity index (χ2n) is 3.62. The lowest BCUT2D eigenvalue weighted by molar-refractivity contribution is -0.117. The number of hydrogen-bond acceptors (Lipinski definition) is 2. The first-order valence-electron chi connectivity index (χ1n) is 3.42. The Morgan fingerprint density at radius 2 is 2.10 bits per heavy atom. The van der Waals surface area contributed by atoms with Gasteiger partial charge in [0.05, 0.1) is 5.76 Å². The highest BCUT2D eigenvalue weighted by Gasteiger charge is 2.26. The van der Waals surface area contributed by atoms with Gasteiger partial charge >= 0.3 is 0 Å². The van der Waals surface area contributed by atoms with Crippen molar-refractivity contribution in [2.75, 3.05) is 0 Å². The number of ketones is 1. The number of allylic oxidation sites excluding steroid dienone is 2. The summed E-state index contributed by atoms with van der Waals surface area (Å²) < 4.78 is 0. The standard InChI is InChI=1S/C8H12O2/c1-8(2)4-6(9)3-7(10)5-8/h3,9H,4-5H2,1-2H3. The lowest BCUT2D eigenvalue weighted by Crippen LogP contribution is -2.21. The fraction of sp³-hybridized carbons (Fsp3) is 0.625. The van der Waals surface area contributed by atoms with Crippen molar-refractivity contribution in [1.82, 2.24) is 0 Å². The van der Waals surface area contributed by atoms with Crippen molar-refractivity contribution < 1.29 is 9.90 Å². The summed E-state index contributed by atoms with van der Waals surface area (Å²) in [5, 5.41) is 9.06. The predicted octanol–water partition coefficient (Wildman–Crippen LogP) is 1.82. The zero-order chi connectivity index (χ0) is 7.78. The normalized spacial score (nSPS) is 24.2. The van der Waals surface area contributed by atoms with Gasteiger partial charge in [-0.3, -0.25) is 4.79 Å². The molecule has 0 atom stereocenters. The minimum Gasteiger partial charge on any atom is -0.512 e. The zero-order valence-corrected chi connectivity index (χ0v) is 6.35. The molecule has 0 aromatic rings. The molecule has 0 fully saturated rings. The van der Waals surface area contributed by atoms with Crippen LogP contribution >= 0.6 is 0 Å². The van der Waals surface area contributed by atoms with Crippen LogP contribution in [-0.4, -0.2) is 10.9 Å². The first-order valence-corrected chi connectivity index (χ1v) is 3.42. The zero-order valence-electron chi connectivity index (χ0n) is 6.35. The first kappa shape index (κ1) is 7.32. The number of rotatable bonds is 0. The van der Waals surface area contributed by atoms with Crippen molar-refractivity contribution in [2.45, 2.75) is 26.7 Å². The van der Waals surface area contributed by atoms with Crippen LogP contribution in [0.15, 0.2) is 11.8 Å². The summed E-state index contributed by atoms with van der Waals surface area (Å²) in [7, 11) is 0. The van der Waals surface area contributed by atoms with Gasteiger partial charge in [-0.05, 0) is 5.41 Å². The highest BCUT2D eigenvalue weighted by Crippen LogP contribution is 2.32. The number of carbonyl (C=O) groups is 1. The molecule has 56 valence electrons. The van der Waals surface area contributed by atoms with E-state index in [0.29, 0.717) is 12.8 Å². The SMILES string of the molecule is CC1(C)CC(=O)C=C(O)C1. The highest BCUT2D eigenvalue weighted by atomic mass is 16.3. The molecule has 10 heavy (non-hydrogen) atoms. The molecule has 1 aliphatic carbocycles. The van der Waals surface area contributed by atoms with Crippen molar-refractivity contribution in [2.24, 2.45) is 5.41 Å². The van der Waals surface area contributed by atoms with E-state index in [-0.39, 0.29) is 17.0 Å². The lowest BCUT2D eigenvalue weighted by atomic mass is 9.80. The fourth-order valence-corrected chi connectivity index (χ4v) is 1.31. The maximum atomic E-state index is 10.9. The van der Waals surface area contributed by atoms with E-state index < -0.39 is 0 Å². The molecule has 0 heterocycles. The Hall–Kier alpha value is -0.790. The Labute approximate surface area is 60.6 Å². The van der Waals surface area contributed by atoms with Gasteiger partial charge in [0.15, 0.2) is 5.78 Å². The maximum Gasteiger partial charge on any atom is 0.159 e. The molecule has 0 aliphatic heterocycles. The maximum absolute atomic E-state index is 10.9. The van der Waals surface area contributed by atoms with Crippen molar-refractivity contribution >= 4 is 5.78 Å². The minimum absolute atomic E-state index is 0.0359. The second kappa shape index (κ2) is 2.11. The van der Waals surface area contributed by atoms with Crippen LogP contribution in [0.1, 0.15) is 26.7 Å². The Kier molecular flexibility index (Phi) is 1.55. The lowest BCUT2D eigenvalue weighted by Gasteiger charge is -2.25. The number of hydrogen-bond donors (Lipinski definition) is 1. The van der Waals surface area contributed by atoms with Crippen molar-refractivity contribution in [1.29, 1.82) is 0 Å². The van der Waals surface area contributed by atoms with Crippen LogP contribution in [0.4, 0.5) is 0 Å². The third-order valence-corrected chi connectivity index (χ3v) is 1.64. The largest absolute Gasteiger partial charge is 0.512 e. The van der Waals surface area contributed by atoms with Crippen LogP contribution in [0.2, 0.25) is 0 Å². The molecule has 0 unspecified atom stereocenters. The van der Waals surface area contributed by atoms with Gasteiger partial charge in [-0.15, -0.1) is 0 Å². The summed E-state index contributed by atoms with van der Waals surface area (Å²) >= 11 is 0. The van der Waals surface area contributed by atoms with Gasteiger partial charge in [0, 0.05) is 18.9 Å². The van der Waals surface area contributed by atoms with E-state index in [0.717, 1.165) is 0 Å². The molecule has 1 N–H and O–H groups in total. The average molecular weight is 140 g/mol. The van der Waals surface area contributed by atoms with E-state index in [1.165, 1.54) is 6.08 Å². The van der Waals surface area contributed by atoms with Gasteiger partial charge in [-0.25, -0.2) is 0 Å². The molecule has 0 amide bonds. The van der Waals surface area contributed by atoms with Crippen molar-refractivity contribution in [3.05, 3.63) is 11.8 Å². The van der Waals surface area contributed by atoms with E-state index in [4.69, 9.17) is 5.11 Å². The van der Waals surface area contributed by atoms with Gasteiger partial charge in [0.2, 0.25) is 0 Å². The smallest absolute Gasteiger partial charge is 0.159 e. The van der Waals surface area contributed by atoms with E-state index in [1.54, 1.807) is 0 Å². The first-order chi connectivity index (χ1) is 4.49. The van der Waals surface area contributed by atoms with E-state index >= 15 is 0 Å². The van der Waals surface area contributed by atoms with Crippen molar-refractivity contribution in [3.8, 4) is 0 Å². The minimum atomic E-state index is -0.0457. The van der Waals surface area contributed by atoms with Gasteiger partial charge < -0.3 is 5.11 Å². The fourth-order valence-electron chi connectivity index (χ4n) is 1.31. The Bertz CT molecular complexity index is 189. The molecule has 1 rings (SSSR count). The average Bonchev–Trinajstić information content (AvgIpc) is 1.54. The molecule has 0 aromatic heterocycles. The summed E-state index contributed by atoms with van der Waals surface area (Å²) in [6.45, 7) is 3.96. The molecular formula is C8H12O2. The van der Waals surface area contributed by atoms with E-state index in [9.17, 15) is 4.79 Å². The third-order valence-electron chi connectivity index (χ3n) is 1.64. The third kappa shape index (κ3) is 1.59.